The molecule has 0 bridgehead atoms. The molecule has 19 heavy (non-hydrogen) atoms. The minimum atomic E-state index is -0.145. The fourth-order valence-corrected chi connectivity index (χ4v) is 1.77. The van der Waals surface area contributed by atoms with Gasteiger partial charge in [-0.05, 0) is 12.1 Å². The fraction of sp³-hybridized carbons (Fsp3) is 0.231. The molecular formula is C13H16N4O2. The molecule has 0 aliphatic rings. The second-order valence-electron chi connectivity index (χ2n) is 4.16. The molecule has 1 heterocycles. The highest BCUT2D eigenvalue weighted by molar-refractivity contribution is 5.97. The van der Waals surface area contributed by atoms with Crippen LogP contribution in [0, 0.1) is 0 Å². The second-order valence-corrected chi connectivity index (χ2v) is 4.16. The van der Waals surface area contributed by atoms with Gasteiger partial charge in [0.1, 0.15) is 11.6 Å². The van der Waals surface area contributed by atoms with Gasteiger partial charge in [-0.3, -0.25) is 4.79 Å². The Morgan fingerprint density at radius 1 is 1.53 bits per heavy atom. The van der Waals surface area contributed by atoms with Crippen LogP contribution >= 0.6 is 0 Å². The molecule has 1 aromatic carbocycles. The maximum absolute atomic E-state index is 12.3. The molecular weight excluding hydrogens is 244 g/mol. The van der Waals surface area contributed by atoms with Crippen molar-refractivity contribution < 1.29 is 9.53 Å². The molecule has 0 atom stereocenters. The smallest absolute Gasteiger partial charge is 0.257 e. The van der Waals surface area contributed by atoms with Crippen molar-refractivity contribution in [3.63, 3.8) is 0 Å². The average molecular weight is 260 g/mol. The summed E-state index contributed by atoms with van der Waals surface area (Å²) in [5.41, 5.74) is 6.70. The average Bonchev–Trinajstić information content (AvgIpc) is 2.90. The highest BCUT2D eigenvalue weighted by atomic mass is 16.5. The zero-order valence-corrected chi connectivity index (χ0v) is 10.9. The van der Waals surface area contributed by atoms with Crippen molar-refractivity contribution in [3.05, 3.63) is 42.0 Å². The third kappa shape index (κ3) is 2.85. The Morgan fingerprint density at radius 2 is 2.32 bits per heavy atom. The molecule has 6 nitrogen and oxygen atoms in total. The van der Waals surface area contributed by atoms with Gasteiger partial charge in [-0.15, -0.1) is 0 Å². The molecule has 0 aliphatic carbocycles. The molecule has 0 spiro atoms. The highest BCUT2D eigenvalue weighted by Crippen LogP contribution is 2.22. The highest BCUT2D eigenvalue weighted by Gasteiger charge is 2.17. The lowest BCUT2D eigenvalue weighted by Crippen LogP contribution is -2.27. The number of carbonyl (C=O) groups excluding carboxylic acids is 1. The Kier molecular flexibility index (Phi) is 3.70. The zero-order chi connectivity index (χ0) is 13.8. The third-order valence-corrected chi connectivity index (χ3v) is 2.74. The van der Waals surface area contributed by atoms with Gasteiger partial charge >= 0.3 is 0 Å². The number of imidazole rings is 1. The van der Waals surface area contributed by atoms with E-state index in [1.807, 2.05) is 0 Å². The molecule has 100 valence electrons. The summed E-state index contributed by atoms with van der Waals surface area (Å²) in [6.45, 7) is 0.402. The maximum atomic E-state index is 12.3. The first-order valence-corrected chi connectivity index (χ1v) is 5.79. The van der Waals surface area contributed by atoms with E-state index >= 15 is 0 Å². The summed E-state index contributed by atoms with van der Waals surface area (Å²) in [4.78, 5) is 20.9. The van der Waals surface area contributed by atoms with E-state index in [0.717, 1.165) is 5.82 Å². The Labute approximate surface area is 111 Å². The van der Waals surface area contributed by atoms with Gasteiger partial charge in [0.2, 0.25) is 0 Å². The molecule has 1 amide bonds. The number of H-pyrrole nitrogens is 1. The van der Waals surface area contributed by atoms with Crippen molar-refractivity contribution in [2.45, 2.75) is 6.54 Å². The number of benzene rings is 1. The van der Waals surface area contributed by atoms with E-state index < -0.39 is 0 Å². The quantitative estimate of drug-likeness (QED) is 0.811. The normalized spacial score (nSPS) is 10.2. The standard InChI is InChI=1S/C13H16N4O2/c1-17(8-12-15-5-6-16-12)13(18)10-4-3-9(14)7-11(10)19-2/h3-7H,8,14H2,1-2H3,(H,15,16). The number of anilines is 1. The number of hydrogen-bond acceptors (Lipinski definition) is 4. The van der Waals surface area contributed by atoms with Gasteiger partial charge in [-0.1, -0.05) is 0 Å². The fourth-order valence-electron chi connectivity index (χ4n) is 1.77. The molecule has 1 aromatic heterocycles. The molecule has 6 heteroatoms. The predicted octanol–water partition coefficient (Wildman–Crippen LogP) is 1.27. The number of rotatable bonds is 4. The van der Waals surface area contributed by atoms with E-state index in [9.17, 15) is 4.79 Å². The van der Waals surface area contributed by atoms with Gasteiger partial charge in [0, 0.05) is 31.2 Å². The molecule has 0 saturated heterocycles. The van der Waals surface area contributed by atoms with Gasteiger partial charge in [-0.25, -0.2) is 4.98 Å². The van der Waals surface area contributed by atoms with Gasteiger partial charge in [-0.2, -0.15) is 0 Å². The van der Waals surface area contributed by atoms with Crippen LogP contribution in [0.3, 0.4) is 0 Å². The largest absolute Gasteiger partial charge is 0.496 e. The van der Waals surface area contributed by atoms with Gasteiger partial charge < -0.3 is 20.4 Å². The van der Waals surface area contributed by atoms with E-state index in [2.05, 4.69) is 9.97 Å². The van der Waals surface area contributed by atoms with Crippen molar-refractivity contribution in [2.75, 3.05) is 19.9 Å². The van der Waals surface area contributed by atoms with Crippen LogP contribution in [0.25, 0.3) is 0 Å². The molecule has 0 aliphatic heterocycles. The number of amides is 1. The van der Waals surface area contributed by atoms with E-state index in [1.165, 1.54) is 7.11 Å². The minimum absolute atomic E-state index is 0.145. The van der Waals surface area contributed by atoms with Crippen LogP contribution in [-0.2, 0) is 6.54 Å². The first-order chi connectivity index (χ1) is 9.11. The zero-order valence-electron chi connectivity index (χ0n) is 10.9. The van der Waals surface area contributed by atoms with Crippen molar-refractivity contribution >= 4 is 11.6 Å². The van der Waals surface area contributed by atoms with E-state index in [4.69, 9.17) is 10.5 Å². The topological polar surface area (TPSA) is 84.2 Å². The van der Waals surface area contributed by atoms with Crippen LogP contribution in [0.2, 0.25) is 0 Å². The number of methoxy groups -OCH3 is 1. The predicted molar refractivity (Wildman–Crippen MR) is 71.8 cm³/mol. The minimum Gasteiger partial charge on any atom is -0.496 e. The number of aromatic amines is 1. The summed E-state index contributed by atoms with van der Waals surface area (Å²) < 4.78 is 5.18. The summed E-state index contributed by atoms with van der Waals surface area (Å²) in [5, 5.41) is 0. The van der Waals surface area contributed by atoms with Crippen molar-refractivity contribution in [3.8, 4) is 5.75 Å². The van der Waals surface area contributed by atoms with E-state index in [1.54, 1.807) is 42.5 Å². The first-order valence-electron chi connectivity index (χ1n) is 5.79. The lowest BCUT2D eigenvalue weighted by molar-refractivity contribution is 0.0778. The summed E-state index contributed by atoms with van der Waals surface area (Å²) >= 11 is 0. The summed E-state index contributed by atoms with van der Waals surface area (Å²) in [6.07, 6.45) is 3.37. The monoisotopic (exact) mass is 260 g/mol. The Morgan fingerprint density at radius 3 is 2.95 bits per heavy atom. The van der Waals surface area contributed by atoms with Gasteiger partial charge in [0.05, 0.1) is 19.2 Å². The van der Waals surface area contributed by atoms with Crippen LogP contribution in [-0.4, -0.2) is 34.9 Å². The molecule has 0 saturated carbocycles. The third-order valence-electron chi connectivity index (χ3n) is 2.74. The molecule has 0 fully saturated rings. The van der Waals surface area contributed by atoms with Crippen molar-refractivity contribution in [1.29, 1.82) is 0 Å². The molecule has 0 unspecified atom stereocenters. The number of aromatic nitrogens is 2. The second kappa shape index (κ2) is 5.43. The van der Waals surface area contributed by atoms with Crippen molar-refractivity contribution in [1.82, 2.24) is 14.9 Å². The Bertz CT molecular complexity index is 566. The Hall–Kier alpha value is -2.50. The van der Waals surface area contributed by atoms with Crippen LogP contribution in [0.5, 0.6) is 5.75 Å². The number of nitrogens with two attached hydrogens (primary N) is 1. The molecule has 2 aromatic rings. The summed E-state index contributed by atoms with van der Waals surface area (Å²) in [7, 11) is 3.22. The number of ether oxygens (including phenoxy) is 1. The number of nitrogens with zero attached hydrogens (tertiary/aromatic N) is 2. The Balaban J connectivity index is 2.19. The van der Waals surface area contributed by atoms with Gasteiger partial charge in [0.25, 0.3) is 5.91 Å². The lowest BCUT2D eigenvalue weighted by atomic mass is 10.1. The van der Waals surface area contributed by atoms with Crippen LogP contribution in [0.15, 0.2) is 30.6 Å². The van der Waals surface area contributed by atoms with Crippen molar-refractivity contribution in [2.24, 2.45) is 0 Å². The van der Waals surface area contributed by atoms with Crippen LogP contribution in [0.4, 0.5) is 5.69 Å². The van der Waals surface area contributed by atoms with Gasteiger partial charge in [0.15, 0.2) is 0 Å². The first kappa shape index (κ1) is 12.9. The number of hydrogen-bond donors (Lipinski definition) is 2. The maximum Gasteiger partial charge on any atom is 0.257 e. The number of nitrogen functional groups attached to an aromatic ring is 1. The SMILES string of the molecule is COc1cc(N)ccc1C(=O)N(C)Cc1ncc[nH]1. The van der Waals surface area contributed by atoms with Crippen LogP contribution in [0.1, 0.15) is 16.2 Å². The number of carbonyl (C=O) groups is 1. The summed E-state index contributed by atoms with van der Waals surface area (Å²) in [5.74, 6) is 1.05. The molecule has 0 radical (unpaired) electrons. The van der Waals surface area contributed by atoms with E-state index in [0.29, 0.717) is 23.5 Å². The van der Waals surface area contributed by atoms with E-state index in [-0.39, 0.29) is 5.91 Å². The molecule has 2 rings (SSSR count). The lowest BCUT2D eigenvalue weighted by Gasteiger charge is -2.17. The molecule has 3 N–H and O–H groups in total. The summed E-state index contributed by atoms with van der Waals surface area (Å²) in [6, 6.07) is 4.97. The van der Waals surface area contributed by atoms with Crippen LogP contribution < -0.4 is 10.5 Å². The number of nitrogens with one attached hydrogen (secondary N) is 1.